The van der Waals surface area contributed by atoms with Crippen molar-refractivity contribution in [2.75, 3.05) is 68.1 Å². The second-order valence-electron chi connectivity index (χ2n) is 9.32. The number of aromatic nitrogens is 2. The molecule has 1 aromatic heterocycles. The molecule has 8 nitrogen and oxygen atoms in total. The number of nitrogens with zero attached hydrogens (tertiary/aromatic N) is 5. The number of hydrogen-bond donors (Lipinski definition) is 1. The van der Waals surface area contributed by atoms with Crippen LogP contribution in [-0.4, -0.2) is 79.8 Å². The van der Waals surface area contributed by atoms with Gasteiger partial charge in [0.2, 0.25) is 5.95 Å². The molecule has 2 aromatic carbocycles. The quantitative estimate of drug-likeness (QED) is 0.587. The highest BCUT2D eigenvalue weighted by Gasteiger charge is 2.25. The summed E-state index contributed by atoms with van der Waals surface area (Å²) in [6.45, 7) is 7.20. The van der Waals surface area contributed by atoms with Crippen LogP contribution in [0, 0.1) is 5.82 Å². The Balaban J connectivity index is 1.48. The van der Waals surface area contributed by atoms with E-state index in [0.717, 1.165) is 32.7 Å². The molecule has 0 radical (unpaired) electrons. The van der Waals surface area contributed by atoms with Crippen LogP contribution in [0.4, 0.5) is 21.7 Å². The first-order valence-corrected chi connectivity index (χ1v) is 12.3. The molecule has 188 valence electrons. The van der Waals surface area contributed by atoms with Crippen LogP contribution in [-0.2, 0) is 4.74 Å². The zero-order chi connectivity index (χ0) is 25.1. The molecule has 0 saturated carbocycles. The van der Waals surface area contributed by atoms with E-state index in [0.29, 0.717) is 53.3 Å². The number of morpholine rings is 1. The fourth-order valence-electron chi connectivity index (χ4n) is 4.58. The lowest BCUT2D eigenvalue weighted by atomic mass is 10.0. The maximum absolute atomic E-state index is 15.5. The Labute approximate surface area is 210 Å². The van der Waals surface area contributed by atoms with Gasteiger partial charge in [-0.15, -0.1) is 0 Å². The third kappa shape index (κ3) is 5.17. The lowest BCUT2D eigenvalue weighted by Crippen LogP contribution is -2.50. The number of rotatable bonds is 5. The van der Waals surface area contributed by atoms with Gasteiger partial charge in [0.15, 0.2) is 0 Å². The van der Waals surface area contributed by atoms with Crippen LogP contribution in [0.15, 0.2) is 54.9 Å². The van der Waals surface area contributed by atoms with Gasteiger partial charge >= 0.3 is 0 Å². The average Bonchev–Trinajstić information content (AvgIpc) is 2.92. The fourth-order valence-corrected chi connectivity index (χ4v) is 4.58. The van der Waals surface area contributed by atoms with Gasteiger partial charge < -0.3 is 24.8 Å². The Bertz CT molecular complexity index is 1200. The number of ether oxygens (including phenoxy) is 1. The standard InChI is InChI=1S/C27H31FN6O2/c1-19-18-34(9-8-32(19)2)25-15-23(28)22(14-24(25)31-26(35)20-6-4-3-5-7-20)21-16-29-27(30-17-21)33-10-12-36-13-11-33/h3-7,14-17,19H,8-13,18H2,1-2H3,(H,31,35)/t19-/m0/s1. The summed E-state index contributed by atoms with van der Waals surface area (Å²) in [6.07, 6.45) is 3.27. The van der Waals surface area contributed by atoms with E-state index in [1.54, 1.807) is 30.6 Å². The normalized spacial score (nSPS) is 18.8. The number of carbonyl (C=O) groups is 1. The molecule has 0 unspecified atom stereocenters. The summed E-state index contributed by atoms with van der Waals surface area (Å²) in [5.74, 6) is -0.0179. The van der Waals surface area contributed by atoms with Crippen LogP contribution in [0.1, 0.15) is 17.3 Å². The molecule has 1 amide bonds. The summed E-state index contributed by atoms with van der Waals surface area (Å²) in [4.78, 5) is 28.5. The smallest absolute Gasteiger partial charge is 0.255 e. The molecule has 3 aromatic rings. The summed E-state index contributed by atoms with van der Waals surface area (Å²) in [6, 6.07) is 12.5. The van der Waals surface area contributed by atoms with E-state index in [1.807, 2.05) is 23.1 Å². The zero-order valence-electron chi connectivity index (χ0n) is 20.7. The molecule has 1 N–H and O–H groups in total. The molecule has 2 fully saturated rings. The molecule has 2 saturated heterocycles. The molecule has 1 atom stereocenters. The minimum absolute atomic E-state index is 0.240. The van der Waals surface area contributed by atoms with E-state index in [1.165, 1.54) is 6.07 Å². The molecule has 9 heteroatoms. The van der Waals surface area contributed by atoms with Gasteiger partial charge in [-0.25, -0.2) is 14.4 Å². The summed E-state index contributed by atoms with van der Waals surface area (Å²) in [7, 11) is 2.09. The third-order valence-electron chi connectivity index (χ3n) is 6.91. The summed E-state index contributed by atoms with van der Waals surface area (Å²) < 4.78 is 20.9. The SMILES string of the molecule is C[C@H]1CN(c2cc(F)c(-c3cnc(N4CCOCC4)nc3)cc2NC(=O)c2ccccc2)CCN1C. The minimum Gasteiger partial charge on any atom is -0.378 e. The van der Waals surface area contributed by atoms with Gasteiger partial charge in [-0.3, -0.25) is 4.79 Å². The minimum atomic E-state index is -0.378. The lowest BCUT2D eigenvalue weighted by Gasteiger charge is -2.39. The van der Waals surface area contributed by atoms with Crippen molar-refractivity contribution in [3.63, 3.8) is 0 Å². The average molecular weight is 491 g/mol. The number of anilines is 3. The number of nitrogens with one attached hydrogen (secondary N) is 1. The van der Waals surface area contributed by atoms with Gasteiger partial charge in [0, 0.05) is 67.8 Å². The van der Waals surface area contributed by atoms with Gasteiger partial charge in [0.25, 0.3) is 5.91 Å². The molecule has 0 bridgehead atoms. The predicted octanol–water partition coefficient (Wildman–Crippen LogP) is 3.51. The van der Waals surface area contributed by atoms with Crippen LogP contribution >= 0.6 is 0 Å². The number of likely N-dealkylation sites (N-methyl/N-ethyl adjacent to an activating group) is 1. The molecule has 5 rings (SSSR count). The van der Waals surface area contributed by atoms with Gasteiger partial charge in [-0.05, 0) is 38.2 Å². The van der Waals surface area contributed by atoms with E-state index in [9.17, 15) is 4.79 Å². The van der Waals surface area contributed by atoms with Crippen molar-refractivity contribution in [1.29, 1.82) is 0 Å². The second-order valence-corrected chi connectivity index (χ2v) is 9.32. The van der Waals surface area contributed by atoms with Crippen molar-refractivity contribution in [2.45, 2.75) is 13.0 Å². The molecular weight excluding hydrogens is 459 g/mol. The largest absolute Gasteiger partial charge is 0.378 e. The van der Waals surface area contributed by atoms with E-state index in [-0.39, 0.29) is 11.7 Å². The molecule has 36 heavy (non-hydrogen) atoms. The topological polar surface area (TPSA) is 73.8 Å². The first-order chi connectivity index (χ1) is 17.5. The van der Waals surface area contributed by atoms with E-state index in [2.05, 4.69) is 39.1 Å². The summed E-state index contributed by atoms with van der Waals surface area (Å²) >= 11 is 0. The maximum Gasteiger partial charge on any atom is 0.255 e. The summed E-state index contributed by atoms with van der Waals surface area (Å²) in [5.41, 5.74) is 2.68. The van der Waals surface area contributed by atoms with E-state index in [4.69, 9.17) is 4.74 Å². The highest BCUT2D eigenvalue weighted by molar-refractivity contribution is 6.06. The highest BCUT2D eigenvalue weighted by atomic mass is 19.1. The third-order valence-corrected chi connectivity index (χ3v) is 6.91. The first kappa shape index (κ1) is 24.1. The Hall–Kier alpha value is -3.56. The Morgan fingerprint density at radius 2 is 1.75 bits per heavy atom. The Morgan fingerprint density at radius 3 is 2.44 bits per heavy atom. The number of amides is 1. The molecule has 3 heterocycles. The van der Waals surface area contributed by atoms with Crippen molar-refractivity contribution in [2.24, 2.45) is 0 Å². The molecule has 0 aliphatic carbocycles. The Morgan fingerprint density at radius 1 is 1.03 bits per heavy atom. The van der Waals surface area contributed by atoms with Crippen molar-refractivity contribution >= 4 is 23.2 Å². The van der Waals surface area contributed by atoms with E-state index < -0.39 is 0 Å². The molecular formula is C27H31FN6O2. The van der Waals surface area contributed by atoms with Crippen LogP contribution in [0.5, 0.6) is 0 Å². The van der Waals surface area contributed by atoms with Gasteiger partial charge in [-0.2, -0.15) is 0 Å². The van der Waals surface area contributed by atoms with E-state index >= 15 is 4.39 Å². The first-order valence-electron chi connectivity index (χ1n) is 12.3. The van der Waals surface area contributed by atoms with Crippen LogP contribution in [0.25, 0.3) is 11.1 Å². The molecule has 0 spiro atoms. The van der Waals surface area contributed by atoms with Gasteiger partial charge in [0.05, 0.1) is 24.6 Å². The molecule has 2 aliphatic rings. The summed E-state index contributed by atoms with van der Waals surface area (Å²) in [5, 5.41) is 3.03. The number of piperazine rings is 1. The lowest BCUT2D eigenvalue weighted by molar-refractivity contribution is 0.102. The van der Waals surface area contributed by atoms with Crippen LogP contribution in [0.3, 0.4) is 0 Å². The monoisotopic (exact) mass is 490 g/mol. The zero-order valence-corrected chi connectivity index (χ0v) is 20.7. The number of hydrogen-bond acceptors (Lipinski definition) is 7. The number of halogens is 1. The highest BCUT2D eigenvalue weighted by Crippen LogP contribution is 2.35. The second kappa shape index (κ2) is 10.6. The predicted molar refractivity (Wildman–Crippen MR) is 139 cm³/mol. The number of carbonyl (C=O) groups excluding carboxylic acids is 1. The Kier molecular flexibility index (Phi) is 7.11. The fraction of sp³-hybridized carbons (Fsp3) is 0.370. The van der Waals surface area contributed by atoms with Crippen molar-refractivity contribution in [1.82, 2.24) is 14.9 Å². The van der Waals surface area contributed by atoms with Crippen molar-refractivity contribution < 1.29 is 13.9 Å². The number of benzene rings is 2. The van der Waals surface area contributed by atoms with Crippen molar-refractivity contribution in [3.05, 3.63) is 66.2 Å². The maximum atomic E-state index is 15.5. The van der Waals surface area contributed by atoms with Gasteiger partial charge in [0.1, 0.15) is 5.82 Å². The van der Waals surface area contributed by atoms with Gasteiger partial charge in [-0.1, -0.05) is 18.2 Å². The van der Waals surface area contributed by atoms with Crippen LogP contribution < -0.4 is 15.1 Å². The molecule has 2 aliphatic heterocycles. The van der Waals surface area contributed by atoms with Crippen LogP contribution in [0.2, 0.25) is 0 Å². The van der Waals surface area contributed by atoms with Crippen molar-refractivity contribution in [3.8, 4) is 11.1 Å².